The van der Waals surface area contributed by atoms with Gasteiger partial charge in [-0.25, -0.2) is 9.97 Å². The third-order valence-corrected chi connectivity index (χ3v) is 3.95. The number of hydrogen-bond donors (Lipinski definition) is 2. The molecule has 0 unspecified atom stereocenters. The maximum absolute atomic E-state index is 4.25. The number of nitrogens with one attached hydrogen (secondary N) is 2. The fraction of sp³-hybridized carbons (Fsp3) is 0.167. The maximum Gasteiger partial charge on any atom is 0.150 e. The van der Waals surface area contributed by atoms with Crippen LogP contribution in [0.25, 0.3) is 0 Å². The van der Waals surface area contributed by atoms with Gasteiger partial charge in [0.05, 0.1) is 5.69 Å². The van der Waals surface area contributed by atoms with Crippen LogP contribution in [0, 0.1) is 3.57 Å². The van der Waals surface area contributed by atoms with Gasteiger partial charge in [0.15, 0.2) is 0 Å². The molecule has 0 fully saturated rings. The Bertz CT molecular complexity index is 547. The van der Waals surface area contributed by atoms with E-state index in [0.717, 1.165) is 31.9 Å². The summed E-state index contributed by atoms with van der Waals surface area (Å²) < 4.78 is 1.98. The van der Waals surface area contributed by atoms with Crippen LogP contribution in [0.5, 0.6) is 0 Å². The molecule has 0 aliphatic carbocycles. The summed E-state index contributed by atoms with van der Waals surface area (Å²) in [7, 11) is 0. The van der Waals surface area contributed by atoms with E-state index >= 15 is 0 Å². The molecule has 0 amide bonds. The lowest BCUT2D eigenvalue weighted by atomic mass is 10.3. The monoisotopic (exact) mass is 418 g/mol. The van der Waals surface area contributed by atoms with E-state index in [-0.39, 0.29) is 0 Å². The maximum atomic E-state index is 4.25. The van der Waals surface area contributed by atoms with Crippen LogP contribution in [0.4, 0.5) is 17.3 Å². The molecule has 94 valence electrons. The van der Waals surface area contributed by atoms with Gasteiger partial charge in [-0.05, 0) is 57.6 Å². The van der Waals surface area contributed by atoms with Crippen molar-refractivity contribution in [2.75, 3.05) is 17.2 Å². The summed E-state index contributed by atoms with van der Waals surface area (Å²) in [6.07, 6.45) is 1.54. The van der Waals surface area contributed by atoms with Crippen molar-refractivity contribution in [3.05, 3.63) is 38.6 Å². The lowest BCUT2D eigenvalue weighted by Crippen LogP contribution is -2.04. The topological polar surface area (TPSA) is 49.8 Å². The number of rotatable bonds is 4. The molecule has 18 heavy (non-hydrogen) atoms. The number of benzene rings is 1. The Balaban J connectivity index is 2.30. The summed E-state index contributed by atoms with van der Waals surface area (Å²) in [5, 5.41) is 6.47. The fourth-order valence-electron chi connectivity index (χ4n) is 1.44. The zero-order valence-corrected chi connectivity index (χ0v) is 13.5. The second-order valence-electron chi connectivity index (χ2n) is 3.52. The van der Waals surface area contributed by atoms with Crippen LogP contribution >= 0.6 is 38.5 Å². The van der Waals surface area contributed by atoms with Gasteiger partial charge in [0.2, 0.25) is 0 Å². The van der Waals surface area contributed by atoms with E-state index in [4.69, 9.17) is 0 Å². The van der Waals surface area contributed by atoms with Gasteiger partial charge >= 0.3 is 0 Å². The van der Waals surface area contributed by atoms with Crippen molar-refractivity contribution in [2.45, 2.75) is 6.92 Å². The molecule has 2 N–H and O–H groups in total. The minimum Gasteiger partial charge on any atom is -0.369 e. The molecule has 0 saturated heterocycles. The van der Waals surface area contributed by atoms with Crippen LogP contribution in [-0.4, -0.2) is 16.5 Å². The zero-order valence-electron chi connectivity index (χ0n) is 9.74. The Kier molecular flexibility index (Phi) is 4.76. The van der Waals surface area contributed by atoms with Gasteiger partial charge in [-0.2, -0.15) is 0 Å². The van der Waals surface area contributed by atoms with E-state index in [1.54, 1.807) is 6.33 Å². The van der Waals surface area contributed by atoms with Gasteiger partial charge in [-0.15, -0.1) is 0 Å². The lowest BCUT2D eigenvalue weighted by molar-refractivity contribution is 1.10. The van der Waals surface area contributed by atoms with Crippen molar-refractivity contribution < 1.29 is 0 Å². The molecule has 0 aliphatic rings. The molecule has 6 heteroatoms. The van der Waals surface area contributed by atoms with Crippen molar-refractivity contribution in [3.8, 4) is 0 Å². The van der Waals surface area contributed by atoms with Crippen molar-refractivity contribution in [1.82, 2.24) is 9.97 Å². The number of anilines is 3. The van der Waals surface area contributed by atoms with Crippen LogP contribution in [0.15, 0.2) is 35.1 Å². The van der Waals surface area contributed by atoms with E-state index in [1.807, 2.05) is 31.2 Å². The highest BCUT2D eigenvalue weighted by Gasteiger charge is 2.09. The van der Waals surface area contributed by atoms with Gasteiger partial charge in [0, 0.05) is 10.1 Å². The first-order valence-corrected chi connectivity index (χ1v) is 7.35. The minimum atomic E-state index is 0.755. The predicted octanol–water partition coefficient (Wildman–Crippen LogP) is 4.02. The smallest absolute Gasteiger partial charge is 0.150 e. The summed E-state index contributed by atoms with van der Waals surface area (Å²) in [6.45, 7) is 2.85. The molecule has 4 nitrogen and oxygen atoms in total. The third-order valence-electron chi connectivity index (χ3n) is 2.26. The number of para-hydroxylation sites is 1. The Labute approximate surface area is 128 Å². The molecular formula is C12H12BrIN4. The average Bonchev–Trinajstić information content (AvgIpc) is 2.37. The molecule has 0 radical (unpaired) electrons. The SMILES string of the molecule is CCNc1ncnc(Nc2ccccc2I)c1Br. The fourth-order valence-corrected chi connectivity index (χ4v) is 2.40. The molecule has 2 aromatic rings. The number of nitrogens with zero attached hydrogens (tertiary/aromatic N) is 2. The van der Waals surface area contributed by atoms with Crippen molar-refractivity contribution in [2.24, 2.45) is 0 Å². The highest BCUT2D eigenvalue weighted by molar-refractivity contribution is 14.1. The average molecular weight is 419 g/mol. The number of halogens is 2. The third kappa shape index (κ3) is 3.11. The van der Waals surface area contributed by atoms with E-state index in [1.165, 1.54) is 0 Å². The summed E-state index contributed by atoms with van der Waals surface area (Å²) >= 11 is 5.80. The summed E-state index contributed by atoms with van der Waals surface area (Å²) in [5.41, 5.74) is 1.03. The van der Waals surface area contributed by atoms with Crippen LogP contribution in [0.1, 0.15) is 6.92 Å². The molecule has 0 bridgehead atoms. The Morgan fingerprint density at radius 2 is 1.94 bits per heavy atom. The van der Waals surface area contributed by atoms with E-state index in [9.17, 15) is 0 Å². The van der Waals surface area contributed by atoms with Crippen LogP contribution in [0.3, 0.4) is 0 Å². The normalized spacial score (nSPS) is 10.2. The first-order valence-electron chi connectivity index (χ1n) is 5.48. The van der Waals surface area contributed by atoms with Crippen LogP contribution in [0.2, 0.25) is 0 Å². The molecule has 0 spiro atoms. The largest absolute Gasteiger partial charge is 0.369 e. The van der Waals surface area contributed by atoms with Crippen LogP contribution < -0.4 is 10.6 Å². The van der Waals surface area contributed by atoms with Gasteiger partial charge < -0.3 is 10.6 Å². The van der Waals surface area contributed by atoms with Crippen molar-refractivity contribution in [3.63, 3.8) is 0 Å². The first kappa shape index (κ1) is 13.5. The van der Waals surface area contributed by atoms with E-state index in [2.05, 4.69) is 59.1 Å². The number of hydrogen-bond acceptors (Lipinski definition) is 4. The Morgan fingerprint density at radius 3 is 2.67 bits per heavy atom. The van der Waals surface area contributed by atoms with E-state index in [0.29, 0.717) is 0 Å². The Morgan fingerprint density at radius 1 is 1.22 bits per heavy atom. The van der Waals surface area contributed by atoms with Gasteiger partial charge in [-0.3, -0.25) is 0 Å². The minimum absolute atomic E-state index is 0.755. The molecule has 2 rings (SSSR count). The predicted molar refractivity (Wildman–Crippen MR) is 86.3 cm³/mol. The molecule has 1 aromatic heterocycles. The highest BCUT2D eigenvalue weighted by atomic mass is 127. The molecular weight excluding hydrogens is 407 g/mol. The van der Waals surface area contributed by atoms with E-state index < -0.39 is 0 Å². The van der Waals surface area contributed by atoms with Crippen molar-refractivity contribution >= 4 is 55.8 Å². The standard InChI is InChI=1S/C12H12BrIN4/c1-2-15-11-10(13)12(17-7-16-11)18-9-6-4-3-5-8(9)14/h3-7H,2H2,1H3,(H2,15,16,17,18). The second-order valence-corrected chi connectivity index (χ2v) is 5.48. The first-order chi connectivity index (χ1) is 8.72. The molecule has 1 aromatic carbocycles. The summed E-state index contributed by atoms with van der Waals surface area (Å²) in [6, 6.07) is 8.06. The molecule has 0 aliphatic heterocycles. The van der Waals surface area contributed by atoms with Crippen molar-refractivity contribution in [1.29, 1.82) is 0 Å². The quantitative estimate of drug-likeness (QED) is 0.736. The van der Waals surface area contributed by atoms with Gasteiger partial charge in [-0.1, -0.05) is 12.1 Å². The lowest BCUT2D eigenvalue weighted by Gasteiger charge is -2.11. The zero-order chi connectivity index (χ0) is 13.0. The Hall–Kier alpha value is -0.890. The second kappa shape index (κ2) is 6.33. The molecule has 0 atom stereocenters. The van der Waals surface area contributed by atoms with Gasteiger partial charge in [0.1, 0.15) is 22.4 Å². The molecule has 1 heterocycles. The van der Waals surface area contributed by atoms with Crippen LogP contribution in [-0.2, 0) is 0 Å². The summed E-state index contributed by atoms with van der Waals surface area (Å²) in [4.78, 5) is 8.43. The molecule has 0 saturated carbocycles. The van der Waals surface area contributed by atoms with Gasteiger partial charge in [0.25, 0.3) is 0 Å². The highest BCUT2D eigenvalue weighted by Crippen LogP contribution is 2.30. The summed E-state index contributed by atoms with van der Waals surface area (Å²) in [5.74, 6) is 1.55. The number of aromatic nitrogens is 2.